The third kappa shape index (κ3) is 2.91. The van der Waals surface area contributed by atoms with E-state index in [2.05, 4.69) is 34.2 Å². The topological polar surface area (TPSA) is 49.3 Å². The SMILES string of the molecule is CC(Nc1ccc(C(=O)O)c(Br)c1)c1cccs1. The van der Waals surface area contributed by atoms with Gasteiger partial charge in [0.05, 0.1) is 11.6 Å². The molecule has 0 radical (unpaired) electrons. The number of hydrogen-bond donors (Lipinski definition) is 2. The van der Waals surface area contributed by atoms with Crippen LogP contribution in [0.5, 0.6) is 0 Å². The van der Waals surface area contributed by atoms with Gasteiger partial charge in [0.25, 0.3) is 0 Å². The lowest BCUT2D eigenvalue weighted by Crippen LogP contribution is -2.05. The van der Waals surface area contributed by atoms with Crippen molar-refractivity contribution in [3.05, 3.63) is 50.6 Å². The van der Waals surface area contributed by atoms with Gasteiger partial charge in [-0.25, -0.2) is 4.79 Å². The molecular weight excluding hydrogens is 314 g/mol. The molecule has 0 saturated heterocycles. The van der Waals surface area contributed by atoms with E-state index in [1.807, 2.05) is 11.4 Å². The predicted molar refractivity (Wildman–Crippen MR) is 77.5 cm³/mol. The largest absolute Gasteiger partial charge is 0.478 e. The Bertz CT molecular complexity index is 554. The molecule has 0 aliphatic rings. The fourth-order valence-corrected chi connectivity index (χ4v) is 2.92. The highest BCUT2D eigenvalue weighted by Gasteiger charge is 2.10. The highest BCUT2D eigenvalue weighted by atomic mass is 79.9. The van der Waals surface area contributed by atoms with E-state index in [9.17, 15) is 4.79 Å². The van der Waals surface area contributed by atoms with Gasteiger partial charge in [0.15, 0.2) is 0 Å². The molecule has 0 saturated carbocycles. The van der Waals surface area contributed by atoms with Gasteiger partial charge in [0.2, 0.25) is 0 Å². The number of carbonyl (C=O) groups is 1. The minimum absolute atomic E-state index is 0.201. The summed E-state index contributed by atoms with van der Waals surface area (Å²) in [5, 5.41) is 14.3. The summed E-state index contributed by atoms with van der Waals surface area (Å²) in [6.07, 6.45) is 0. The summed E-state index contributed by atoms with van der Waals surface area (Å²) in [5.74, 6) is -0.931. The fraction of sp³-hybridized carbons (Fsp3) is 0.154. The Morgan fingerprint density at radius 2 is 2.22 bits per heavy atom. The number of aromatic carboxylic acids is 1. The molecule has 1 aromatic carbocycles. The minimum atomic E-state index is -0.931. The van der Waals surface area contributed by atoms with E-state index >= 15 is 0 Å². The Balaban J connectivity index is 2.15. The monoisotopic (exact) mass is 325 g/mol. The van der Waals surface area contributed by atoms with Gasteiger partial charge < -0.3 is 10.4 Å². The highest BCUT2D eigenvalue weighted by Crippen LogP contribution is 2.26. The Morgan fingerprint density at radius 3 is 2.78 bits per heavy atom. The van der Waals surface area contributed by atoms with E-state index < -0.39 is 5.97 Å². The van der Waals surface area contributed by atoms with Crippen LogP contribution in [0.3, 0.4) is 0 Å². The van der Waals surface area contributed by atoms with Crippen molar-refractivity contribution >= 4 is 38.9 Å². The number of halogens is 1. The summed E-state index contributed by atoms with van der Waals surface area (Å²) in [4.78, 5) is 12.1. The van der Waals surface area contributed by atoms with Crippen LogP contribution in [0.25, 0.3) is 0 Å². The standard InChI is InChI=1S/C13H12BrNO2S/c1-8(12-3-2-6-18-12)15-9-4-5-10(13(16)17)11(14)7-9/h2-8,15H,1H3,(H,16,17). The van der Waals surface area contributed by atoms with E-state index in [1.54, 1.807) is 29.5 Å². The molecule has 0 aliphatic heterocycles. The van der Waals surface area contributed by atoms with Crippen molar-refractivity contribution in [3.8, 4) is 0 Å². The summed E-state index contributed by atoms with van der Waals surface area (Å²) in [5.41, 5.74) is 1.16. The Labute approximate surface area is 118 Å². The summed E-state index contributed by atoms with van der Waals surface area (Å²) in [6.45, 7) is 2.07. The molecule has 0 spiro atoms. The fourth-order valence-electron chi connectivity index (χ4n) is 1.64. The smallest absolute Gasteiger partial charge is 0.336 e. The van der Waals surface area contributed by atoms with Crippen molar-refractivity contribution in [1.29, 1.82) is 0 Å². The minimum Gasteiger partial charge on any atom is -0.478 e. The lowest BCUT2D eigenvalue weighted by atomic mass is 10.2. The van der Waals surface area contributed by atoms with Gasteiger partial charge in [-0.2, -0.15) is 0 Å². The van der Waals surface area contributed by atoms with Crippen molar-refractivity contribution in [3.63, 3.8) is 0 Å². The number of carboxylic acid groups (broad SMARTS) is 1. The molecule has 0 bridgehead atoms. The van der Waals surface area contributed by atoms with Gasteiger partial charge in [0, 0.05) is 15.0 Å². The van der Waals surface area contributed by atoms with E-state index in [-0.39, 0.29) is 11.6 Å². The molecule has 5 heteroatoms. The molecule has 94 valence electrons. The molecule has 2 aromatic rings. The molecule has 1 aromatic heterocycles. The molecule has 2 rings (SSSR count). The zero-order valence-electron chi connectivity index (χ0n) is 9.68. The lowest BCUT2D eigenvalue weighted by Gasteiger charge is -2.14. The van der Waals surface area contributed by atoms with Gasteiger partial charge in [0.1, 0.15) is 0 Å². The number of hydrogen-bond acceptors (Lipinski definition) is 3. The maximum atomic E-state index is 10.9. The zero-order chi connectivity index (χ0) is 13.1. The van der Waals surface area contributed by atoms with Crippen LogP contribution in [0.15, 0.2) is 40.2 Å². The first-order chi connectivity index (χ1) is 8.58. The van der Waals surface area contributed by atoms with Crippen LogP contribution in [0, 0.1) is 0 Å². The zero-order valence-corrected chi connectivity index (χ0v) is 12.1. The van der Waals surface area contributed by atoms with Crippen molar-refractivity contribution in [2.45, 2.75) is 13.0 Å². The van der Waals surface area contributed by atoms with Gasteiger partial charge in [-0.15, -0.1) is 11.3 Å². The van der Waals surface area contributed by atoms with E-state index in [4.69, 9.17) is 5.11 Å². The van der Waals surface area contributed by atoms with Crippen molar-refractivity contribution in [1.82, 2.24) is 0 Å². The van der Waals surface area contributed by atoms with Gasteiger partial charge >= 0.3 is 5.97 Å². The average molecular weight is 326 g/mol. The molecule has 0 amide bonds. The molecule has 1 heterocycles. The van der Waals surface area contributed by atoms with Crippen LogP contribution in [-0.2, 0) is 0 Å². The predicted octanol–water partition coefficient (Wildman–Crippen LogP) is 4.38. The molecular formula is C13H12BrNO2S. The molecule has 0 fully saturated rings. The maximum Gasteiger partial charge on any atom is 0.336 e. The van der Waals surface area contributed by atoms with Crippen LogP contribution >= 0.6 is 27.3 Å². The molecule has 1 unspecified atom stereocenters. The van der Waals surface area contributed by atoms with Crippen LogP contribution in [-0.4, -0.2) is 11.1 Å². The number of thiophene rings is 1. The van der Waals surface area contributed by atoms with Crippen LogP contribution in [0.1, 0.15) is 28.2 Å². The number of rotatable bonds is 4. The van der Waals surface area contributed by atoms with Crippen molar-refractivity contribution in [2.75, 3.05) is 5.32 Å². The van der Waals surface area contributed by atoms with Crippen LogP contribution < -0.4 is 5.32 Å². The van der Waals surface area contributed by atoms with Crippen molar-refractivity contribution in [2.24, 2.45) is 0 Å². The summed E-state index contributed by atoms with van der Waals surface area (Å²) in [7, 11) is 0. The highest BCUT2D eigenvalue weighted by molar-refractivity contribution is 9.10. The quantitative estimate of drug-likeness (QED) is 0.876. The number of nitrogens with one attached hydrogen (secondary N) is 1. The second kappa shape index (κ2) is 5.54. The second-order valence-electron chi connectivity index (χ2n) is 3.88. The first-order valence-electron chi connectivity index (χ1n) is 5.40. The number of benzene rings is 1. The van der Waals surface area contributed by atoms with Crippen molar-refractivity contribution < 1.29 is 9.90 Å². The number of anilines is 1. The second-order valence-corrected chi connectivity index (χ2v) is 5.71. The Kier molecular flexibility index (Phi) is 4.04. The van der Waals surface area contributed by atoms with Gasteiger partial charge in [-0.05, 0) is 52.5 Å². The number of carboxylic acids is 1. The van der Waals surface area contributed by atoms with Crippen LogP contribution in [0.2, 0.25) is 0 Å². The maximum absolute atomic E-state index is 10.9. The normalized spacial score (nSPS) is 12.1. The average Bonchev–Trinajstić information content (AvgIpc) is 2.81. The van der Waals surface area contributed by atoms with Gasteiger partial charge in [-0.1, -0.05) is 6.07 Å². The Morgan fingerprint density at radius 1 is 1.44 bits per heavy atom. The third-order valence-corrected chi connectivity index (χ3v) is 4.26. The third-order valence-electron chi connectivity index (χ3n) is 2.55. The van der Waals surface area contributed by atoms with E-state index in [0.29, 0.717) is 4.47 Å². The Hall–Kier alpha value is -1.33. The van der Waals surface area contributed by atoms with E-state index in [0.717, 1.165) is 5.69 Å². The summed E-state index contributed by atoms with van der Waals surface area (Å²) in [6, 6.07) is 9.44. The first kappa shape index (κ1) is 13.1. The molecule has 1 atom stereocenters. The summed E-state index contributed by atoms with van der Waals surface area (Å²) >= 11 is 4.96. The lowest BCUT2D eigenvalue weighted by molar-refractivity contribution is 0.0696. The van der Waals surface area contributed by atoms with Gasteiger partial charge in [-0.3, -0.25) is 0 Å². The van der Waals surface area contributed by atoms with E-state index in [1.165, 1.54) is 4.88 Å². The first-order valence-corrected chi connectivity index (χ1v) is 7.08. The molecule has 3 nitrogen and oxygen atoms in total. The van der Waals surface area contributed by atoms with Crippen LogP contribution in [0.4, 0.5) is 5.69 Å². The summed E-state index contributed by atoms with van der Waals surface area (Å²) < 4.78 is 0.582. The molecule has 2 N–H and O–H groups in total. The molecule has 0 aliphatic carbocycles. The molecule has 18 heavy (non-hydrogen) atoms.